The second-order valence-electron chi connectivity index (χ2n) is 7.80. The Labute approximate surface area is 268 Å². The van der Waals surface area contributed by atoms with Gasteiger partial charge in [-0.1, -0.05) is 36.4 Å². The van der Waals surface area contributed by atoms with Crippen LogP contribution in [0.1, 0.15) is 27.9 Å². The molecule has 2 aromatic carbocycles. The summed E-state index contributed by atoms with van der Waals surface area (Å²) in [6.07, 6.45) is 8.52. The molecule has 0 spiro atoms. The van der Waals surface area contributed by atoms with Crippen molar-refractivity contribution >= 4 is 18.2 Å². The van der Waals surface area contributed by atoms with E-state index in [1.54, 1.807) is 29.7 Å². The molecule has 0 saturated heterocycles. The van der Waals surface area contributed by atoms with Crippen molar-refractivity contribution < 1.29 is 61.0 Å². The summed E-state index contributed by atoms with van der Waals surface area (Å²) in [4.78, 5) is 29.4. The summed E-state index contributed by atoms with van der Waals surface area (Å²) in [5.41, 5.74) is 2.99. The van der Waals surface area contributed by atoms with Crippen LogP contribution in [0.15, 0.2) is 90.3 Å². The number of aromatic nitrogens is 1. The van der Waals surface area contributed by atoms with E-state index < -0.39 is 0 Å². The number of nitrogens with zero attached hydrogens (tertiary/aromatic N) is 4. The molecule has 0 aliphatic carbocycles. The molecule has 196 valence electrons. The van der Waals surface area contributed by atoms with Crippen LogP contribution in [0.4, 0.5) is 0 Å². The number of nitrogens with one attached hydrogen (secondary N) is 1. The SMILES string of the molecule is [CH2-]CN(C[CH-]CNC(=O)CCN(N)/C=N\N)C(=O)c1cccnc1.[K+].c1ccc([CH-]c2ccccc2)cc1. The minimum atomic E-state index is -0.160. The van der Waals surface area contributed by atoms with Crippen molar-refractivity contribution in [1.29, 1.82) is 0 Å². The first-order valence-electron chi connectivity index (χ1n) is 11.8. The van der Waals surface area contributed by atoms with Gasteiger partial charge in [0, 0.05) is 25.4 Å². The number of rotatable bonds is 12. The van der Waals surface area contributed by atoms with Crippen molar-refractivity contribution in [1.82, 2.24) is 20.2 Å². The number of carbonyl (C=O) groups is 2. The van der Waals surface area contributed by atoms with Crippen LogP contribution in [0.25, 0.3) is 0 Å². The Hall–Kier alpha value is -2.73. The molecule has 0 atom stereocenters. The molecule has 0 fully saturated rings. The van der Waals surface area contributed by atoms with Gasteiger partial charge in [0.15, 0.2) is 0 Å². The molecule has 0 aliphatic rings. The van der Waals surface area contributed by atoms with Crippen LogP contribution in [0, 0.1) is 19.8 Å². The predicted octanol–water partition coefficient (Wildman–Crippen LogP) is -0.563. The van der Waals surface area contributed by atoms with Crippen molar-refractivity contribution in [3.63, 3.8) is 0 Å². The van der Waals surface area contributed by atoms with Crippen molar-refractivity contribution in [3.05, 3.63) is 122 Å². The van der Waals surface area contributed by atoms with Crippen molar-refractivity contribution in [2.75, 3.05) is 26.2 Å². The Morgan fingerprint density at radius 3 is 2.18 bits per heavy atom. The Kier molecular flexibility index (Phi) is 17.7. The average Bonchev–Trinajstić information content (AvgIpc) is 2.94. The summed E-state index contributed by atoms with van der Waals surface area (Å²) in [5.74, 6) is 10.1. The minimum Gasteiger partial charge on any atom is -0.398 e. The van der Waals surface area contributed by atoms with Gasteiger partial charge in [-0.25, -0.2) is 5.84 Å². The van der Waals surface area contributed by atoms with E-state index in [1.807, 2.05) is 12.1 Å². The van der Waals surface area contributed by atoms with Gasteiger partial charge in [-0.2, -0.15) is 5.10 Å². The molecular weight excluding hydrogens is 505 g/mol. The van der Waals surface area contributed by atoms with Gasteiger partial charge in [0.2, 0.25) is 5.91 Å². The molecule has 2 amide bonds. The van der Waals surface area contributed by atoms with E-state index in [9.17, 15) is 9.59 Å². The third kappa shape index (κ3) is 13.7. The Bertz CT molecular complexity index is 1030. The maximum Gasteiger partial charge on any atom is 1.00 e. The van der Waals surface area contributed by atoms with Gasteiger partial charge in [0.1, 0.15) is 6.34 Å². The normalized spacial score (nSPS) is 9.95. The van der Waals surface area contributed by atoms with Gasteiger partial charge >= 0.3 is 51.4 Å². The van der Waals surface area contributed by atoms with Crippen molar-refractivity contribution in [2.45, 2.75) is 6.42 Å². The number of pyridine rings is 1. The van der Waals surface area contributed by atoms with Crippen molar-refractivity contribution in [3.8, 4) is 0 Å². The fourth-order valence-electron chi connectivity index (χ4n) is 3.11. The van der Waals surface area contributed by atoms with Crippen LogP contribution < -0.4 is 68.4 Å². The molecule has 0 aliphatic heterocycles. The number of carbonyl (C=O) groups excluding carboxylic acids is 2. The largest absolute Gasteiger partial charge is 1.00 e. The van der Waals surface area contributed by atoms with E-state index in [1.165, 1.54) is 28.7 Å². The number of hydrazine groups is 1. The molecule has 3 aromatic rings. The van der Waals surface area contributed by atoms with E-state index >= 15 is 0 Å². The fraction of sp³-hybridized carbons (Fsp3) is 0.179. The van der Waals surface area contributed by atoms with Crippen LogP contribution in [-0.2, 0) is 4.79 Å². The number of hydrogen-bond acceptors (Lipinski definition) is 6. The standard InChI is InChI=1S/C15H23N7O2.C13H11.K/c1-2-21(15(24)13-5-3-7-18-11-13)9-4-8-19-14(23)6-10-22(17)12-20-16;1-3-7-12(8-4-1)11-13-9-5-2-6-10-13;/h3-5,7,11-12H,1-2,6,8-10,16-17H2,(H,19,23);1-11H;/q-2;-1;+1/b20-12-;;. The molecular formula is C28H34KN7O2-2. The first-order valence-corrected chi connectivity index (χ1v) is 11.8. The molecule has 0 bridgehead atoms. The number of hydrazone groups is 1. The molecule has 3 rings (SSSR count). The zero-order valence-corrected chi connectivity index (χ0v) is 24.9. The summed E-state index contributed by atoms with van der Waals surface area (Å²) in [6.45, 7) is 5.08. The third-order valence-corrected chi connectivity index (χ3v) is 5.00. The number of nitrogens with two attached hydrogens (primary N) is 2. The van der Waals surface area contributed by atoms with E-state index in [2.05, 4.69) is 77.3 Å². The zero-order chi connectivity index (χ0) is 26.7. The van der Waals surface area contributed by atoms with E-state index in [4.69, 9.17) is 11.7 Å². The molecule has 38 heavy (non-hydrogen) atoms. The van der Waals surface area contributed by atoms with Gasteiger partial charge in [-0.15, -0.1) is 61.4 Å². The number of benzene rings is 2. The summed E-state index contributed by atoms with van der Waals surface area (Å²) in [5, 5.41) is 7.19. The Morgan fingerprint density at radius 1 is 1.03 bits per heavy atom. The quantitative estimate of drug-likeness (QED) is 0.0538. The first-order chi connectivity index (χ1) is 18.0. The van der Waals surface area contributed by atoms with Gasteiger partial charge in [-0.05, 0) is 12.1 Å². The number of hydrogen-bond donors (Lipinski definition) is 3. The minimum absolute atomic E-state index is 0. The van der Waals surface area contributed by atoms with Crippen LogP contribution in [0.2, 0.25) is 0 Å². The van der Waals surface area contributed by atoms with Gasteiger partial charge in [0.25, 0.3) is 5.91 Å². The monoisotopic (exact) mass is 539 g/mol. The first kappa shape index (κ1) is 33.3. The van der Waals surface area contributed by atoms with E-state index in [0.29, 0.717) is 31.7 Å². The van der Waals surface area contributed by atoms with Crippen LogP contribution in [0.3, 0.4) is 0 Å². The molecule has 0 saturated carbocycles. The maximum absolute atomic E-state index is 12.2. The maximum atomic E-state index is 12.2. The molecule has 0 unspecified atom stereocenters. The smallest absolute Gasteiger partial charge is 0.398 e. The average molecular weight is 540 g/mol. The molecule has 1 heterocycles. The summed E-state index contributed by atoms with van der Waals surface area (Å²) in [7, 11) is 0. The summed E-state index contributed by atoms with van der Waals surface area (Å²) < 4.78 is 0. The fourth-order valence-corrected chi connectivity index (χ4v) is 3.11. The Morgan fingerprint density at radius 2 is 1.66 bits per heavy atom. The topological polar surface area (TPSA) is 130 Å². The van der Waals surface area contributed by atoms with E-state index in [0.717, 1.165) is 0 Å². The van der Waals surface area contributed by atoms with E-state index in [-0.39, 0.29) is 69.6 Å². The van der Waals surface area contributed by atoms with Crippen molar-refractivity contribution in [2.24, 2.45) is 16.8 Å². The molecule has 1 aromatic heterocycles. The zero-order valence-electron chi connectivity index (χ0n) is 21.8. The van der Waals surface area contributed by atoms with Gasteiger partial charge < -0.3 is 23.0 Å². The van der Waals surface area contributed by atoms with Gasteiger partial charge in [0.05, 0.1) is 5.56 Å². The second-order valence-corrected chi connectivity index (χ2v) is 7.80. The van der Waals surface area contributed by atoms with Gasteiger partial charge in [-0.3, -0.25) is 26.0 Å². The van der Waals surface area contributed by atoms with Crippen LogP contribution in [-0.4, -0.2) is 59.2 Å². The second kappa shape index (κ2) is 20.3. The summed E-state index contributed by atoms with van der Waals surface area (Å²) in [6, 6.07) is 24.1. The molecule has 0 radical (unpaired) electrons. The third-order valence-electron chi connectivity index (χ3n) is 5.00. The Balaban J connectivity index is 0.000000432. The molecule has 5 N–H and O–H groups in total. The molecule has 9 nitrogen and oxygen atoms in total. The van der Waals surface area contributed by atoms with Crippen LogP contribution in [0.5, 0.6) is 0 Å². The summed E-state index contributed by atoms with van der Waals surface area (Å²) >= 11 is 0. The molecule has 10 heteroatoms. The van der Waals surface area contributed by atoms with Crippen LogP contribution >= 0.6 is 0 Å². The predicted molar refractivity (Wildman–Crippen MR) is 146 cm³/mol. The number of amides is 2.